The van der Waals surface area contributed by atoms with Crippen LogP contribution < -0.4 is 9.47 Å². The number of halogens is 1. The number of hydrogen-bond acceptors (Lipinski definition) is 6. The highest BCUT2D eigenvalue weighted by atomic mass is 35.5. The van der Waals surface area contributed by atoms with Crippen molar-refractivity contribution in [1.29, 1.82) is 0 Å². The quantitative estimate of drug-likeness (QED) is 0.357. The Kier molecular flexibility index (Phi) is 9.14. The summed E-state index contributed by atoms with van der Waals surface area (Å²) in [4.78, 5) is 25.5. The van der Waals surface area contributed by atoms with Gasteiger partial charge in [0, 0.05) is 17.0 Å². The molecule has 0 N–H and O–H groups in total. The van der Waals surface area contributed by atoms with E-state index in [0.717, 1.165) is 11.1 Å². The minimum atomic E-state index is -1.59. The van der Waals surface area contributed by atoms with E-state index in [2.05, 4.69) is 0 Å². The summed E-state index contributed by atoms with van der Waals surface area (Å²) < 4.78 is 20.9. The molecule has 0 atom stereocenters. The number of ether oxygens (including phenoxy) is 4. The molecule has 0 bridgehead atoms. The first-order valence-corrected chi connectivity index (χ1v) is 10.7. The van der Waals surface area contributed by atoms with Crippen LogP contribution in [0, 0.1) is 5.41 Å². The SMILES string of the molecule is CCOC(=O)C(C)(CC(Cl)=C(c1ccc(OC)cc1)c1ccc(OC)cc1)C(=O)OCC. The third kappa shape index (κ3) is 5.82. The van der Waals surface area contributed by atoms with Gasteiger partial charge in [0.15, 0.2) is 5.41 Å². The van der Waals surface area contributed by atoms with Crippen molar-refractivity contribution in [3.63, 3.8) is 0 Å². The first-order valence-electron chi connectivity index (χ1n) is 10.3. The average molecular weight is 461 g/mol. The van der Waals surface area contributed by atoms with Crippen LogP contribution in [0.2, 0.25) is 0 Å². The van der Waals surface area contributed by atoms with Crippen LogP contribution in [0.1, 0.15) is 38.3 Å². The molecule has 0 aliphatic rings. The van der Waals surface area contributed by atoms with Crippen molar-refractivity contribution < 1.29 is 28.5 Å². The standard InChI is InChI=1S/C25H29ClO6/c1-6-31-23(27)25(3,24(28)32-7-2)16-21(26)22(17-8-12-19(29-4)13-9-17)18-10-14-20(30-5)15-11-18/h8-15H,6-7,16H2,1-5H3. The maximum Gasteiger partial charge on any atom is 0.323 e. The summed E-state index contributed by atoms with van der Waals surface area (Å²) in [6.07, 6.45) is -0.0837. The van der Waals surface area contributed by atoms with Crippen molar-refractivity contribution in [3.8, 4) is 11.5 Å². The van der Waals surface area contributed by atoms with Crippen LogP contribution in [0.3, 0.4) is 0 Å². The fourth-order valence-corrected chi connectivity index (χ4v) is 3.69. The second kappa shape index (κ2) is 11.6. The highest BCUT2D eigenvalue weighted by molar-refractivity contribution is 6.34. The van der Waals surface area contributed by atoms with Crippen LogP contribution in [0.4, 0.5) is 0 Å². The molecule has 0 spiro atoms. The van der Waals surface area contributed by atoms with E-state index in [-0.39, 0.29) is 19.6 Å². The van der Waals surface area contributed by atoms with Crippen molar-refractivity contribution >= 4 is 29.1 Å². The number of methoxy groups -OCH3 is 2. The zero-order valence-corrected chi connectivity index (χ0v) is 19.8. The van der Waals surface area contributed by atoms with Crippen molar-refractivity contribution in [2.24, 2.45) is 5.41 Å². The number of rotatable bonds is 10. The van der Waals surface area contributed by atoms with Crippen LogP contribution in [0.25, 0.3) is 5.57 Å². The number of carbonyl (C=O) groups is 2. The van der Waals surface area contributed by atoms with E-state index in [1.54, 1.807) is 28.1 Å². The lowest BCUT2D eigenvalue weighted by Crippen LogP contribution is -2.39. The molecular formula is C25H29ClO6. The highest BCUT2D eigenvalue weighted by Crippen LogP contribution is 2.38. The molecule has 7 heteroatoms. The lowest BCUT2D eigenvalue weighted by atomic mass is 9.84. The molecule has 0 unspecified atom stereocenters. The zero-order valence-electron chi connectivity index (χ0n) is 19.1. The zero-order chi connectivity index (χ0) is 23.7. The predicted molar refractivity (Wildman–Crippen MR) is 124 cm³/mol. The Morgan fingerprint density at radius 2 is 1.16 bits per heavy atom. The van der Waals surface area contributed by atoms with E-state index in [4.69, 9.17) is 30.5 Å². The Morgan fingerprint density at radius 3 is 1.47 bits per heavy atom. The largest absolute Gasteiger partial charge is 0.497 e. The normalized spacial score (nSPS) is 10.8. The van der Waals surface area contributed by atoms with Gasteiger partial charge in [0.25, 0.3) is 0 Å². The molecule has 6 nitrogen and oxygen atoms in total. The molecule has 0 amide bonds. The van der Waals surface area contributed by atoms with Gasteiger partial charge in [0.05, 0.1) is 27.4 Å². The Hall–Kier alpha value is -2.99. The lowest BCUT2D eigenvalue weighted by Gasteiger charge is -2.26. The van der Waals surface area contributed by atoms with Crippen molar-refractivity contribution in [1.82, 2.24) is 0 Å². The van der Waals surface area contributed by atoms with Crippen LogP contribution in [-0.2, 0) is 19.1 Å². The minimum absolute atomic E-state index is 0.0837. The smallest absolute Gasteiger partial charge is 0.323 e. The third-order valence-electron chi connectivity index (χ3n) is 4.99. The van der Waals surface area contributed by atoms with E-state index in [0.29, 0.717) is 22.1 Å². The van der Waals surface area contributed by atoms with E-state index in [1.807, 2.05) is 48.5 Å². The van der Waals surface area contributed by atoms with Crippen LogP contribution >= 0.6 is 11.6 Å². The van der Waals surface area contributed by atoms with Gasteiger partial charge in [0.2, 0.25) is 0 Å². The Balaban J connectivity index is 2.62. The molecule has 32 heavy (non-hydrogen) atoms. The second-order valence-electron chi connectivity index (χ2n) is 7.19. The molecule has 0 saturated carbocycles. The fourth-order valence-electron chi connectivity index (χ4n) is 3.20. The second-order valence-corrected chi connectivity index (χ2v) is 7.64. The molecule has 0 fully saturated rings. The van der Waals surface area contributed by atoms with Crippen molar-refractivity contribution in [3.05, 3.63) is 64.7 Å². The van der Waals surface area contributed by atoms with E-state index in [1.165, 1.54) is 6.92 Å². The molecule has 0 aliphatic carbocycles. The van der Waals surface area contributed by atoms with E-state index < -0.39 is 17.4 Å². The molecule has 0 saturated heterocycles. The minimum Gasteiger partial charge on any atom is -0.497 e. The summed E-state index contributed by atoms with van der Waals surface area (Å²) in [7, 11) is 3.18. The lowest BCUT2D eigenvalue weighted by molar-refractivity contribution is -0.170. The fraction of sp³-hybridized carbons (Fsp3) is 0.360. The number of hydrogen-bond donors (Lipinski definition) is 0. The number of esters is 2. The Morgan fingerprint density at radius 1 is 0.781 bits per heavy atom. The summed E-state index contributed by atoms with van der Waals surface area (Å²) in [6, 6.07) is 14.7. The van der Waals surface area contributed by atoms with Crippen molar-refractivity contribution in [2.45, 2.75) is 27.2 Å². The first kappa shape index (κ1) is 25.3. The van der Waals surface area contributed by atoms with Gasteiger partial charge in [-0.05, 0) is 56.2 Å². The average Bonchev–Trinajstić information content (AvgIpc) is 2.80. The topological polar surface area (TPSA) is 71.1 Å². The number of carbonyl (C=O) groups excluding carboxylic acids is 2. The predicted octanol–water partition coefficient (Wildman–Crippen LogP) is 5.22. The molecule has 0 heterocycles. The maximum atomic E-state index is 12.7. The maximum absolute atomic E-state index is 12.7. The molecular weight excluding hydrogens is 432 g/mol. The third-order valence-corrected chi connectivity index (χ3v) is 5.31. The number of allylic oxidation sites excluding steroid dienone is 1. The van der Waals surface area contributed by atoms with Gasteiger partial charge >= 0.3 is 11.9 Å². The summed E-state index contributed by atoms with van der Waals surface area (Å²) >= 11 is 6.84. The van der Waals surface area contributed by atoms with Gasteiger partial charge < -0.3 is 18.9 Å². The summed E-state index contributed by atoms with van der Waals surface area (Å²) in [6.45, 7) is 5.13. The Labute approximate surface area is 194 Å². The van der Waals surface area contributed by atoms with Crippen LogP contribution in [-0.4, -0.2) is 39.4 Å². The summed E-state index contributed by atoms with van der Waals surface area (Å²) in [5, 5.41) is 0.323. The van der Waals surface area contributed by atoms with Gasteiger partial charge in [-0.3, -0.25) is 9.59 Å². The molecule has 0 aromatic heterocycles. The molecule has 0 aliphatic heterocycles. The summed E-state index contributed by atoms with van der Waals surface area (Å²) in [5.41, 5.74) is 0.691. The first-order chi connectivity index (χ1) is 15.3. The van der Waals surface area contributed by atoms with E-state index >= 15 is 0 Å². The van der Waals surface area contributed by atoms with Gasteiger partial charge in [-0.1, -0.05) is 35.9 Å². The van der Waals surface area contributed by atoms with E-state index in [9.17, 15) is 9.59 Å². The van der Waals surface area contributed by atoms with Crippen LogP contribution in [0.15, 0.2) is 53.6 Å². The number of benzene rings is 2. The van der Waals surface area contributed by atoms with Gasteiger partial charge in [-0.25, -0.2) is 0 Å². The highest BCUT2D eigenvalue weighted by Gasteiger charge is 2.45. The monoisotopic (exact) mass is 460 g/mol. The van der Waals surface area contributed by atoms with Crippen LogP contribution in [0.5, 0.6) is 11.5 Å². The molecule has 172 valence electrons. The molecule has 2 aromatic rings. The molecule has 0 radical (unpaired) electrons. The van der Waals surface area contributed by atoms with Crippen molar-refractivity contribution in [2.75, 3.05) is 27.4 Å². The molecule has 2 aromatic carbocycles. The summed E-state index contributed by atoms with van der Waals surface area (Å²) in [5.74, 6) is 0.0319. The van der Waals surface area contributed by atoms with Gasteiger partial charge in [-0.15, -0.1) is 0 Å². The molecule has 2 rings (SSSR count). The van der Waals surface area contributed by atoms with Gasteiger partial charge in [-0.2, -0.15) is 0 Å². The Bertz CT molecular complexity index is 880. The van der Waals surface area contributed by atoms with Gasteiger partial charge in [0.1, 0.15) is 11.5 Å².